The topological polar surface area (TPSA) is 39.1 Å². The summed E-state index contributed by atoms with van der Waals surface area (Å²) in [6.45, 7) is 5.19. The first-order chi connectivity index (χ1) is 10.1. The van der Waals surface area contributed by atoms with Gasteiger partial charge in [-0.15, -0.1) is 0 Å². The van der Waals surface area contributed by atoms with Gasteiger partial charge in [-0.2, -0.15) is 5.10 Å². The fourth-order valence-corrected chi connectivity index (χ4v) is 2.05. The summed E-state index contributed by atoms with van der Waals surface area (Å²) in [7, 11) is 1.83. The molecule has 1 unspecified atom stereocenters. The van der Waals surface area contributed by atoms with Gasteiger partial charge in [-0.1, -0.05) is 6.92 Å². The first-order valence-corrected chi connectivity index (χ1v) is 7.23. The standard InChI is InChI=1S/C16H22FN3O/c1-4-12(2)20-6-5-15(19-20)11-21-16-8-13(10-18-3)7-14(17)9-16/h5-9,12,18H,4,10-11H2,1-3H3. The van der Waals surface area contributed by atoms with Crippen molar-refractivity contribution in [1.82, 2.24) is 15.1 Å². The molecule has 0 saturated heterocycles. The molecule has 0 fully saturated rings. The van der Waals surface area contributed by atoms with Crippen LogP contribution in [0.2, 0.25) is 0 Å². The molecular weight excluding hydrogens is 269 g/mol. The third-order valence-corrected chi connectivity index (χ3v) is 3.40. The van der Waals surface area contributed by atoms with Crippen LogP contribution >= 0.6 is 0 Å². The fraction of sp³-hybridized carbons (Fsp3) is 0.438. The average molecular weight is 291 g/mol. The zero-order valence-electron chi connectivity index (χ0n) is 12.8. The lowest BCUT2D eigenvalue weighted by molar-refractivity contribution is 0.296. The quantitative estimate of drug-likeness (QED) is 0.851. The SMILES string of the molecule is CCC(C)n1ccc(COc2cc(F)cc(CNC)c2)n1. The van der Waals surface area contributed by atoms with E-state index in [1.54, 1.807) is 0 Å². The van der Waals surface area contributed by atoms with E-state index < -0.39 is 0 Å². The predicted molar refractivity (Wildman–Crippen MR) is 80.7 cm³/mol. The van der Waals surface area contributed by atoms with Crippen LogP contribution in [0.5, 0.6) is 5.75 Å². The molecule has 114 valence electrons. The number of ether oxygens (including phenoxy) is 1. The minimum atomic E-state index is -0.289. The summed E-state index contributed by atoms with van der Waals surface area (Å²) in [5, 5.41) is 7.46. The van der Waals surface area contributed by atoms with Gasteiger partial charge in [0, 0.05) is 24.8 Å². The van der Waals surface area contributed by atoms with Crippen molar-refractivity contribution >= 4 is 0 Å². The number of nitrogens with zero attached hydrogens (tertiary/aromatic N) is 2. The first kappa shape index (κ1) is 15.5. The Kier molecular flexibility index (Phi) is 5.33. The van der Waals surface area contributed by atoms with Gasteiger partial charge < -0.3 is 10.1 Å². The molecule has 0 radical (unpaired) electrons. The molecule has 0 amide bonds. The van der Waals surface area contributed by atoms with E-state index in [2.05, 4.69) is 24.3 Å². The molecule has 0 aliphatic carbocycles. The van der Waals surface area contributed by atoms with E-state index in [1.807, 2.05) is 30.1 Å². The normalized spacial score (nSPS) is 12.4. The van der Waals surface area contributed by atoms with E-state index in [1.165, 1.54) is 12.1 Å². The number of hydrogen-bond acceptors (Lipinski definition) is 3. The second kappa shape index (κ2) is 7.22. The van der Waals surface area contributed by atoms with Crippen LogP contribution in [0.3, 0.4) is 0 Å². The van der Waals surface area contributed by atoms with Gasteiger partial charge in [-0.3, -0.25) is 4.68 Å². The minimum Gasteiger partial charge on any atom is -0.487 e. The minimum absolute atomic E-state index is 0.289. The molecule has 4 nitrogen and oxygen atoms in total. The largest absolute Gasteiger partial charge is 0.487 e. The Balaban J connectivity index is 2.00. The van der Waals surface area contributed by atoms with E-state index in [9.17, 15) is 4.39 Å². The summed E-state index contributed by atoms with van der Waals surface area (Å²) in [6, 6.07) is 7.03. The third-order valence-electron chi connectivity index (χ3n) is 3.40. The molecule has 1 N–H and O–H groups in total. The van der Waals surface area contributed by atoms with Crippen LogP contribution in [-0.2, 0) is 13.2 Å². The van der Waals surface area contributed by atoms with Crippen LogP contribution in [0.1, 0.15) is 37.6 Å². The fourth-order valence-electron chi connectivity index (χ4n) is 2.05. The zero-order valence-corrected chi connectivity index (χ0v) is 12.8. The van der Waals surface area contributed by atoms with Gasteiger partial charge in [0.1, 0.15) is 18.2 Å². The molecule has 0 bridgehead atoms. The molecule has 21 heavy (non-hydrogen) atoms. The molecule has 2 aromatic rings. The van der Waals surface area contributed by atoms with Gasteiger partial charge >= 0.3 is 0 Å². The van der Waals surface area contributed by atoms with Crippen LogP contribution in [-0.4, -0.2) is 16.8 Å². The Morgan fingerprint density at radius 2 is 2.19 bits per heavy atom. The summed E-state index contributed by atoms with van der Waals surface area (Å²) in [6.07, 6.45) is 2.98. The molecule has 1 heterocycles. The van der Waals surface area contributed by atoms with Crippen LogP contribution in [0.25, 0.3) is 0 Å². The van der Waals surface area contributed by atoms with Crippen molar-refractivity contribution in [2.24, 2.45) is 0 Å². The van der Waals surface area contributed by atoms with Gasteiger partial charge in [0.2, 0.25) is 0 Å². The maximum atomic E-state index is 13.5. The number of rotatable bonds is 7. The molecule has 1 atom stereocenters. The highest BCUT2D eigenvalue weighted by Crippen LogP contribution is 2.18. The highest BCUT2D eigenvalue weighted by Gasteiger charge is 2.06. The van der Waals surface area contributed by atoms with Crippen LogP contribution in [0.4, 0.5) is 4.39 Å². The van der Waals surface area contributed by atoms with E-state index in [4.69, 9.17) is 4.74 Å². The Hall–Kier alpha value is -1.88. The van der Waals surface area contributed by atoms with Crippen molar-refractivity contribution in [2.45, 2.75) is 39.5 Å². The Labute approximate surface area is 124 Å². The number of hydrogen-bond donors (Lipinski definition) is 1. The highest BCUT2D eigenvalue weighted by molar-refractivity contribution is 5.29. The molecule has 0 saturated carbocycles. The van der Waals surface area contributed by atoms with Crippen molar-refractivity contribution in [3.63, 3.8) is 0 Å². The van der Waals surface area contributed by atoms with Crippen LogP contribution in [0, 0.1) is 5.82 Å². The Morgan fingerprint density at radius 3 is 2.90 bits per heavy atom. The van der Waals surface area contributed by atoms with Crippen molar-refractivity contribution in [3.8, 4) is 5.75 Å². The summed E-state index contributed by atoms with van der Waals surface area (Å²) in [5.41, 5.74) is 1.70. The molecule has 0 aliphatic heterocycles. The number of halogens is 1. The van der Waals surface area contributed by atoms with Gasteiger partial charge in [0.25, 0.3) is 0 Å². The lowest BCUT2D eigenvalue weighted by Crippen LogP contribution is -2.07. The zero-order chi connectivity index (χ0) is 15.2. The van der Waals surface area contributed by atoms with Gasteiger partial charge in [0.05, 0.1) is 5.69 Å². The molecular formula is C16H22FN3O. The van der Waals surface area contributed by atoms with E-state index in [-0.39, 0.29) is 5.82 Å². The first-order valence-electron chi connectivity index (χ1n) is 7.23. The van der Waals surface area contributed by atoms with Crippen LogP contribution in [0.15, 0.2) is 30.5 Å². The van der Waals surface area contributed by atoms with Crippen LogP contribution < -0.4 is 10.1 Å². The van der Waals surface area contributed by atoms with Crippen molar-refractivity contribution in [3.05, 3.63) is 47.5 Å². The smallest absolute Gasteiger partial charge is 0.132 e. The van der Waals surface area contributed by atoms with Crippen molar-refractivity contribution in [2.75, 3.05) is 7.05 Å². The summed E-state index contributed by atoms with van der Waals surface area (Å²) in [5.74, 6) is 0.237. The second-order valence-electron chi connectivity index (χ2n) is 5.16. The average Bonchev–Trinajstić information content (AvgIpc) is 2.93. The highest BCUT2D eigenvalue weighted by atomic mass is 19.1. The predicted octanol–water partition coefficient (Wildman–Crippen LogP) is 3.29. The van der Waals surface area contributed by atoms with E-state index >= 15 is 0 Å². The molecule has 1 aromatic heterocycles. The van der Waals surface area contributed by atoms with Gasteiger partial charge in [-0.25, -0.2) is 4.39 Å². The summed E-state index contributed by atoms with van der Waals surface area (Å²) < 4.78 is 21.1. The number of nitrogens with one attached hydrogen (secondary N) is 1. The molecule has 1 aromatic carbocycles. The molecule has 2 rings (SSSR count). The lowest BCUT2D eigenvalue weighted by atomic mass is 10.2. The lowest BCUT2D eigenvalue weighted by Gasteiger charge is -2.09. The van der Waals surface area contributed by atoms with E-state index in [0.717, 1.165) is 17.7 Å². The molecule has 0 aliphatic rings. The molecule has 0 spiro atoms. The maximum absolute atomic E-state index is 13.5. The maximum Gasteiger partial charge on any atom is 0.132 e. The van der Waals surface area contributed by atoms with Crippen molar-refractivity contribution < 1.29 is 9.13 Å². The van der Waals surface area contributed by atoms with Gasteiger partial charge in [0.15, 0.2) is 0 Å². The summed E-state index contributed by atoms with van der Waals surface area (Å²) in [4.78, 5) is 0. The number of benzene rings is 1. The molecule has 5 heteroatoms. The van der Waals surface area contributed by atoms with Crippen molar-refractivity contribution in [1.29, 1.82) is 0 Å². The third kappa shape index (κ3) is 4.29. The summed E-state index contributed by atoms with van der Waals surface area (Å²) >= 11 is 0. The number of aromatic nitrogens is 2. The second-order valence-corrected chi connectivity index (χ2v) is 5.16. The Bertz CT molecular complexity index is 583. The van der Waals surface area contributed by atoms with E-state index in [0.29, 0.717) is 24.9 Å². The van der Waals surface area contributed by atoms with Gasteiger partial charge in [-0.05, 0) is 44.2 Å². The Morgan fingerprint density at radius 1 is 1.38 bits per heavy atom. The monoisotopic (exact) mass is 291 g/mol.